The third-order valence-electron chi connectivity index (χ3n) is 2.61. The summed E-state index contributed by atoms with van der Waals surface area (Å²) < 4.78 is 13.2. The summed E-state index contributed by atoms with van der Waals surface area (Å²) in [6.45, 7) is 2.30. The van der Waals surface area contributed by atoms with Gasteiger partial charge in [-0.3, -0.25) is 4.68 Å². The van der Waals surface area contributed by atoms with Crippen LogP contribution in [-0.2, 0) is 18.4 Å². The number of aryl methyl sites for hydroxylation is 1. The van der Waals surface area contributed by atoms with Crippen LogP contribution in [0.15, 0.2) is 24.5 Å². The van der Waals surface area contributed by atoms with Crippen molar-refractivity contribution in [1.82, 2.24) is 14.8 Å². The van der Waals surface area contributed by atoms with Crippen molar-refractivity contribution in [2.45, 2.75) is 13.5 Å². The Balaban J connectivity index is 2.11. The highest BCUT2D eigenvalue weighted by Crippen LogP contribution is 2.14. The lowest BCUT2D eigenvalue weighted by Crippen LogP contribution is -2.11. The van der Waals surface area contributed by atoms with Crippen LogP contribution in [0.25, 0.3) is 0 Å². The number of hydrogen-bond acceptors (Lipinski definition) is 5. The molecule has 2 aromatic heterocycles. The third-order valence-corrected chi connectivity index (χ3v) is 3.25. The van der Waals surface area contributed by atoms with Crippen LogP contribution in [-0.4, -0.2) is 27.3 Å². The molecule has 0 saturated carbocycles. The molecule has 2 rings (SSSR count). The molecule has 0 atom stereocenters. The molecular formula is C13H14IN3O3. The second kappa shape index (κ2) is 6.69. The van der Waals surface area contributed by atoms with Gasteiger partial charge in [0.2, 0.25) is 5.88 Å². The number of esters is 1. The van der Waals surface area contributed by atoms with Crippen LogP contribution < -0.4 is 4.74 Å². The lowest BCUT2D eigenvalue weighted by molar-refractivity contribution is 0.0523. The molecular weight excluding hydrogens is 373 g/mol. The van der Waals surface area contributed by atoms with E-state index in [-0.39, 0.29) is 6.61 Å². The van der Waals surface area contributed by atoms with Gasteiger partial charge in [0.05, 0.1) is 18.5 Å². The van der Waals surface area contributed by atoms with Gasteiger partial charge in [-0.1, -0.05) is 0 Å². The molecule has 0 spiro atoms. The smallest absolute Gasteiger partial charge is 0.341 e. The molecule has 0 radical (unpaired) electrons. The second-order valence-corrected chi connectivity index (χ2v) is 5.20. The van der Waals surface area contributed by atoms with E-state index in [1.807, 2.05) is 6.07 Å². The number of ether oxygens (including phenoxy) is 2. The van der Waals surface area contributed by atoms with E-state index >= 15 is 0 Å². The maximum Gasteiger partial charge on any atom is 0.341 e. The summed E-state index contributed by atoms with van der Waals surface area (Å²) in [7, 11) is 1.75. The predicted octanol–water partition coefficient (Wildman–Crippen LogP) is 2.18. The summed E-state index contributed by atoms with van der Waals surface area (Å²) in [5.41, 5.74) is 1.07. The number of halogens is 1. The monoisotopic (exact) mass is 387 g/mol. The first-order valence-electron chi connectivity index (χ1n) is 6.04. The maximum atomic E-state index is 11.8. The molecule has 0 bridgehead atoms. The van der Waals surface area contributed by atoms with E-state index in [2.05, 4.69) is 32.7 Å². The highest BCUT2D eigenvalue weighted by molar-refractivity contribution is 14.1. The fourth-order valence-electron chi connectivity index (χ4n) is 1.60. The van der Waals surface area contributed by atoms with E-state index in [9.17, 15) is 4.79 Å². The summed E-state index contributed by atoms with van der Waals surface area (Å²) >= 11 is 2.17. The van der Waals surface area contributed by atoms with Crippen molar-refractivity contribution >= 4 is 28.6 Å². The average Bonchev–Trinajstić information content (AvgIpc) is 2.80. The van der Waals surface area contributed by atoms with Crippen LogP contribution in [0.1, 0.15) is 23.0 Å². The van der Waals surface area contributed by atoms with E-state index in [0.29, 0.717) is 23.7 Å². The fourth-order valence-corrected chi connectivity index (χ4v) is 1.92. The van der Waals surface area contributed by atoms with Crippen molar-refractivity contribution in [2.75, 3.05) is 6.61 Å². The molecule has 2 heterocycles. The zero-order valence-electron chi connectivity index (χ0n) is 11.2. The van der Waals surface area contributed by atoms with Gasteiger partial charge in [0.1, 0.15) is 12.2 Å². The van der Waals surface area contributed by atoms with Crippen molar-refractivity contribution in [3.05, 3.63) is 39.4 Å². The molecule has 0 saturated heterocycles. The Morgan fingerprint density at radius 1 is 1.40 bits per heavy atom. The highest BCUT2D eigenvalue weighted by atomic mass is 127. The van der Waals surface area contributed by atoms with Crippen LogP contribution in [0.4, 0.5) is 0 Å². The van der Waals surface area contributed by atoms with Gasteiger partial charge in [-0.2, -0.15) is 5.10 Å². The quantitative estimate of drug-likeness (QED) is 0.581. The summed E-state index contributed by atoms with van der Waals surface area (Å²) in [6, 6.07) is 3.68. The van der Waals surface area contributed by atoms with Crippen LogP contribution in [0.5, 0.6) is 5.88 Å². The van der Waals surface area contributed by atoms with Crippen molar-refractivity contribution in [2.24, 2.45) is 7.05 Å². The van der Waals surface area contributed by atoms with Gasteiger partial charge in [-0.05, 0) is 35.6 Å². The van der Waals surface area contributed by atoms with Gasteiger partial charge >= 0.3 is 5.97 Å². The Labute approximate surface area is 130 Å². The fraction of sp³-hybridized carbons (Fsp3) is 0.308. The molecule has 0 amide bonds. The van der Waals surface area contributed by atoms with E-state index in [1.54, 1.807) is 30.9 Å². The Hall–Kier alpha value is -1.64. The Kier molecular flexibility index (Phi) is 4.94. The van der Waals surface area contributed by atoms with E-state index in [1.165, 1.54) is 6.20 Å². The molecule has 0 aliphatic carbocycles. The minimum atomic E-state index is -0.394. The number of rotatable bonds is 5. The lowest BCUT2D eigenvalue weighted by atomic mass is 10.2. The molecule has 0 N–H and O–H groups in total. The minimum absolute atomic E-state index is 0.207. The third kappa shape index (κ3) is 3.47. The molecule has 6 nitrogen and oxygen atoms in total. The predicted molar refractivity (Wildman–Crippen MR) is 80.5 cm³/mol. The van der Waals surface area contributed by atoms with Gasteiger partial charge in [-0.25, -0.2) is 9.78 Å². The Bertz CT molecular complexity index is 595. The van der Waals surface area contributed by atoms with Gasteiger partial charge in [0.15, 0.2) is 0 Å². The van der Waals surface area contributed by atoms with Crippen molar-refractivity contribution in [3.63, 3.8) is 0 Å². The standard InChI is InChI=1S/C13H14IN3O3/c1-3-19-13(18)10-7-16-17(2)11(10)8-20-12-5-4-9(14)6-15-12/h4-7H,3,8H2,1-2H3. The van der Waals surface area contributed by atoms with Crippen LogP contribution >= 0.6 is 22.6 Å². The maximum absolute atomic E-state index is 11.8. The summed E-state index contributed by atoms with van der Waals surface area (Å²) in [4.78, 5) is 15.9. The molecule has 106 valence electrons. The van der Waals surface area contributed by atoms with Crippen molar-refractivity contribution in [3.8, 4) is 5.88 Å². The van der Waals surface area contributed by atoms with Crippen molar-refractivity contribution < 1.29 is 14.3 Å². The lowest BCUT2D eigenvalue weighted by Gasteiger charge is -2.08. The van der Waals surface area contributed by atoms with Crippen LogP contribution in [0.2, 0.25) is 0 Å². The number of pyridine rings is 1. The minimum Gasteiger partial charge on any atom is -0.471 e. The topological polar surface area (TPSA) is 66.2 Å². The average molecular weight is 387 g/mol. The largest absolute Gasteiger partial charge is 0.471 e. The molecule has 2 aromatic rings. The summed E-state index contributed by atoms with van der Waals surface area (Å²) in [5.74, 6) is 0.108. The molecule has 0 aliphatic heterocycles. The van der Waals surface area contributed by atoms with E-state index in [0.717, 1.165) is 3.57 Å². The van der Waals surface area contributed by atoms with Crippen LogP contribution in [0, 0.1) is 3.57 Å². The number of carbonyl (C=O) groups excluding carboxylic acids is 1. The van der Waals surface area contributed by atoms with Gasteiger partial charge in [-0.15, -0.1) is 0 Å². The van der Waals surface area contributed by atoms with E-state index in [4.69, 9.17) is 9.47 Å². The molecule has 0 unspecified atom stereocenters. The number of aromatic nitrogens is 3. The first kappa shape index (κ1) is 14.8. The van der Waals surface area contributed by atoms with Gasteiger partial charge < -0.3 is 9.47 Å². The molecule has 0 aromatic carbocycles. The number of hydrogen-bond donors (Lipinski definition) is 0. The normalized spacial score (nSPS) is 10.3. The number of nitrogens with zero attached hydrogens (tertiary/aromatic N) is 3. The Morgan fingerprint density at radius 3 is 2.85 bits per heavy atom. The summed E-state index contributed by atoms with van der Waals surface area (Å²) in [6.07, 6.45) is 3.20. The first-order chi connectivity index (χ1) is 9.61. The van der Waals surface area contributed by atoms with Crippen molar-refractivity contribution in [1.29, 1.82) is 0 Å². The van der Waals surface area contributed by atoms with Crippen LogP contribution in [0.3, 0.4) is 0 Å². The SMILES string of the molecule is CCOC(=O)c1cnn(C)c1COc1ccc(I)cn1. The Morgan fingerprint density at radius 2 is 2.20 bits per heavy atom. The zero-order chi connectivity index (χ0) is 14.5. The van der Waals surface area contributed by atoms with Gasteiger partial charge in [0, 0.05) is 22.9 Å². The summed E-state index contributed by atoms with van der Waals surface area (Å²) in [5, 5.41) is 4.06. The second-order valence-electron chi connectivity index (χ2n) is 3.95. The number of carbonyl (C=O) groups is 1. The van der Waals surface area contributed by atoms with E-state index < -0.39 is 5.97 Å². The van der Waals surface area contributed by atoms with Gasteiger partial charge in [0.25, 0.3) is 0 Å². The molecule has 0 fully saturated rings. The highest BCUT2D eigenvalue weighted by Gasteiger charge is 2.17. The first-order valence-corrected chi connectivity index (χ1v) is 7.12. The molecule has 20 heavy (non-hydrogen) atoms. The molecule has 0 aliphatic rings. The molecule has 7 heteroatoms. The zero-order valence-corrected chi connectivity index (χ0v) is 13.3.